The molecule has 0 saturated heterocycles. The predicted octanol–water partition coefficient (Wildman–Crippen LogP) is 4.78. The molecule has 0 aliphatic heterocycles. The molecule has 0 aromatic carbocycles. The molecule has 0 aromatic rings. The Morgan fingerprint density at radius 3 is 2.11 bits per heavy atom. The zero-order valence-corrected chi connectivity index (χ0v) is 14.0. The maximum absolute atomic E-state index is 11.6. The third kappa shape index (κ3) is 12.3. The van der Waals surface area contributed by atoms with Crippen molar-refractivity contribution >= 4 is 5.91 Å². The molecule has 2 nitrogen and oxygen atoms in total. The second-order valence-electron chi connectivity index (χ2n) is 7.51. The molecule has 0 aliphatic carbocycles. The van der Waals surface area contributed by atoms with E-state index in [1.165, 1.54) is 25.7 Å². The van der Waals surface area contributed by atoms with Crippen LogP contribution in [-0.4, -0.2) is 12.5 Å². The monoisotopic (exact) mass is 269 g/mol. The lowest BCUT2D eigenvalue weighted by Crippen LogP contribution is -2.28. The van der Waals surface area contributed by atoms with Gasteiger partial charge in [0.05, 0.1) is 0 Å². The van der Waals surface area contributed by atoms with Gasteiger partial charge >= 0.3 is 0 Å². The topological polar surface area (TPSA) is 29.1 Å². The van der Waals surface area contributed by atoms with Crippen LogP contribution in [0.2, 0.25) is 0 Å². The Kier molecular flexibility index (Phi) is 9.12. The van der Waals surface area contributed by atoms with Crippen molar-refractivity contribution in [1.82, 2.24) is 5.32 Å². The summed E-state index contributed by atoms with van der Waals surface area (Å²) in [6.07, 6.45) is 6.95. The lowest BCUT2D eigenvalue weighted by molar-refractivity contribution is -0.122. The fourth-order valence-electron chi connectivity index (χ4n) is 2.05. The van der Waals surface area contributed by atoms with Crippen LogP contribution in [0, 0.1) is 17.3 Å². The number of amides is 1. The molecule has 1 unspecified atom stereocenters. The van der Waals surface area contributed by atoms with Crippen molar-refractivity contribution in [2.24, 2.45) is 17.3 Å². The average molecular weight is 269 g/mol. The number of hydrogen-bond acceptors (Lipinski definition) is 1. The fourth-order valence-corrected chi connectivity index (χ4v) is 2.05. The molecule has 0 rings (SSSR count). The van der Waals surface area contributed by atoms with E-state index in [2.05, 4.69) is 46.9 Å². The minimum absolute atomic E-state index is 0.0943. The van der Waals surface area contributed by atoms with Crippen LogP contribution in [-0.2, 0) is 4.79 Å². The molecular weight excluding hydrogens is 234 g/mol. The van der Waals surface area contributed by atoms with Crippen molar-refractivity contribution in [3.05, 3.63) is 0 Å². The molecule has 1 amide bonds. The molecule has 0 heterocycles. The van der Waals surface area contributed by atoms with E-state index >= 15 is 0 Å². The van der Waals surface area contributed by atoms with Crippen LogP contribution < -0.4 is 5.32 Å². The first kappa shape index (κ1) is 18.5. The van der Waals surface area contributed by atoms with Gasteiger partial charge < -0.3 is 5.32 Å². The Bertz CT molecular complexity index is 240. The Hall–Kier alpha value is -0.530. The summed E-state index contributed by atoms with van der Waals surface area (Å²) in [5.41, 5.74) is 0.0943. The standard InChI is InChI=1S/C17H35NO/c1-14(2)15(3)11-9-7-8-10-12-18-16(19)13-17(4,5)6/h14-15H,7-13H2,1-6H3,(H,18,19). The Morgan fingerprint density at radius 2 is 1.58 bits per heavy atom. The normalized spacial score (nSPS) is 13.6. The minimum atomic E-state index is 0.0943. The quantitative estimate of drug-likeness (QED) is 0.600. The van der Waals surface area contributed by atoms with E-state index in [0.29, 0.717) is 6.42 Å². The van der Waals surface area contributed by atoms with Gasteiger partial charge in [0, 0.05) is 13.0 Å². The van der Waals surface area contributed by atoms with E-state index in [9.17, 15) is 4.79 Å². The molecule has 0 aromatic heterocycles. The van der Waals surface area contributed by atoms with Crippen LogP contribution in [0.1, 0.15) is 80.1 Å². The van der Waals surface area contributed by atoms with Crippen LogP contribution in [0.5, 0.6) is 0 Å². The molecule has 0 spiro atoms. The molecule has 114 valence electrons. The van der Waals surface area contributed by atoms with Crippen molar-refractivity contribution in [3.8, 4) is 0 Å². The largest absolute Gasteiger partial charge is 0.356 e. The number of unbranched alkanes of at least 4 members (excludes halogenated alkanes) is 3. The van der Waals surface area contributed by atoms with Crippen LogP contribution in [0.15, 0.2) is 0 Å². The molecule has 0 fully saturated rings. The number of rotatable bonds is 9. The van der Waals surface area contributed by atoms with Crippen molar-refractivity contribution in [2.75, 3.05) is 6.54 Å². The first-order chi connectivity index (χ1) is 8.72. The van der Waals surface area contributed by atoms with Crippen molar-refractivity contribution in [3.63, 3.8) is 0 Å². The Labute approximate surface area is 120 Å². The molecule has 0 aliphatic rings. The fraction of sp³-hybridized carbons (Fsp3) is 0.941. The predicted molar refractivity (Wildman–Crippen MR) is 84.2 cm³/mol. The maximum atomic E-state index is 11.6. The van der Waals surface area contributed by atoms with Crippen LogP contribution in [0.4, 0.5) is 0 Å². The third-order valence-electron chi connectivity index (χ3n) is 3.74. The van der Waals surface area contributed by atoms with Gasteiger partial charge in [0.2, 0.25) is 5.91 Å². The van der Waals surface area contributed by atoms with Crippen molar-refractivity contribution < 1.29 is 4.79 Å². The number of carbonyl (C=O) groups is 1. The zero-order chi connectivity index (χ0) is 14.9. The second kappa shape index (κ2) is 9.39. The summed E-state index contributed by atoms with van der Waals surface area (Å²) in [6, 6.07) is 0. The number of nitrogens with one attached hydrogen (secondary N) is 1. The highest BCUT2D eigenvalue weighted by Gasteiger charge is 2.15. The summed E-state index contributed by atoms with van der Waals surface area (Å²) in [4.78, 5) is 11.6. The summed E-state index contributed by atoms with van der Waals surface area (Å²) in [7, 11) is 0. The van der Waals surface area contributed by atoms with E-state index in [1.807, 2.05) is 0 Å². The summed E-state index contributed by atoms with van der Waals surface area (Å²) in [5.74, 6) is 1.84. The molecule has 1 atom stereocenters. The van der Waals surface area contributed by atoms with E-state index in [1.54, 1.807) is 0 Å². The van der Waals surface area contributed by atoms with Gasteiger partial charge in [-0.3, -0.25) is 4.79 Å². The van der Waals surface area contributed by atoms with Crippen molar-refractivity contribution in [1.29, 1.82) is 0 Å². The van der Waals surface area contributed by atoms with Crippen LogP contribution >= 0.6 is 0 Å². The van der Waals surface area contributed by atoms with Gasteiger partial charge in [-0.1, -0.05) is 67.2 Å². The lowest BCUT2D eigenvalue weighted by atomic mass is 9.92. The summed E-state index contributed by atoms with van der Waals surface area (Å²) >= 11 is 0. The Balaban J connectivity index is 3.39. The molecule has 0 radical (unpaired) electrons. The lowest BCUT2D eigenvalue weighted by Gasteiger charge is -2.17. The molecule has 2 heteroatoms. The van der Waals surface area contributed by atoms with E-state index in [0.717, 1.165) is 24.8 Å². The summed E-state index contributed by atoms with van der Waals surface area (Å²) in [6.45, 7) is 14.1. The SMILES string of the molecule is CC(C)C(C)CCCCCCNC(=O)CC(C)(C)C. The third-order valence-corrected chi connectivity index (χ3v) is 3.74. The van der Waals surface area contributed by atoms with Gasteiger partial charge in [-0.25, -0.2) is 0 Å². The number of hydrogen-bond donors (Lipinski definition) is 1. The molecule has 0 saturated carbocycles. The average Bonchev–Trinajstić information content (AvgIpc) is 2.24. The number of carbonyl (C=O) groups excluding carboxylic acids is 1. The van der Waals surface area contributed by atoms with Crippen LogP contribution in [0.3, 0.4) is 0 Å². The van der Waals surface area contributed by atoms with Crippen molar-refractivity contribution in [2.45, 2.75) is 80.1 Å². The Morgan fingerprint density at radius 1 is 1.00 bits per heavy atom. The van der Waals surface area contributed by atoms with Gasteiger partial charge in [0.1, 0.15) is 0 Å². The molecule has 19 heavy (non-hydrogen) atoms. The van der Waals surface area contributed by atoms with Gasteiger partial charge in [0.25, 0.3) is 0 Å². The van der Waals surface area contributed by atoms with E-state index in [4.69, 9.17) is 0 Å². The summed E-state index contributed by atoms with van der Waals surface area (Å²) in [5, 5.41) is 3.02. The molecule has 0 bridgehead atoms. The summed E-state index contributed by atoms with van der Waals surface area (Å²) < 4.78 is 0. The first-order valence-electron chi connectivity index (χ1n) is 7.99. The molecule has 1 N–H and O–H groups in total. The highest BCUT2D eigenvalue weighted by molar-refractivity contribution is 5.76. The van der Waals surface area contributed by atoms with Gasteiger partial charge in [-0.2, -0.15) is 0 Å². The van der Waals surface area contributed by atoms with Crippen LogP contribution in [0.25, 0.3) is 0 Å². The second-order valence-corrected chi connectivity index (χ2v) is 7.51. The van der Waals surface area contributed by atoms with E-state index < -0.39 is 0 Å². The molecular formula is C17H35NO. The highest BCUT2D eigenvalue weighted by atomic mass is 16.1. The van der Waals surface area contributed by atoms with Gasteiger partial charge in [-0.05, 0) is 23.7 Å². The first-order valence-corrected chi connectivity index (χ1v) is 7.99. The zero-order valence-electron chi connectivity index (χ0n) is 14.0. The van der Waals surface area contributed by atoms with E-state index in [-0.39, 0.29) is 11.3 Å². The maximum Gasteiger partial charge on any atom is 0.220 e. The van der Waals surface area contributed by atoms with Gasteiger partial charge in [0.15, 0.2) is 0 Å². The smallest absolute Gasteiger partial charge is 0.220 e. The minimum Gasteiger partial charge on any atom is -0.356 e. The van der Waals surface area contributed by atoms with Gasteiger partial charge in [-0.15, -0.1) is 0 Å². The highest BCUT2D eigenvalue weighted by Crippen LogP contribution is 2.18.